The third kappa shape index (κ3) is 4.46. The van der Waals surface area contributed by atoms with Gasteiger partial charge in [-0.1, -0.05) is 39.3 Å². The van der Waals surface area contributed by atoms with Crippen molar-refractivity contribution >= 4 is 31.9 Å². The molecule has 0 spiro atoms. The molecule has 8 nitrogen and oxygen atoms in total. The number of amides is 1. The maximum atomic E-state index is 12.4. The Morgan fingerprint density at radius 3 is 2.64 bits per heavy atom. The summed E-state index contributed by atoms with van der Waals surface area (Å²) in [4.78, 5) is 16.7. The lowest BCUT2D eigenvalue weighted by molar-refractivity contribution is 0.0946. The van der Waals surface area contributed by atoms with E-state index in [1.54, 1.807) is 0 Å². The summed E-state index contributed by atoms with van der Waals surface area (Å²) in [7, 11) is -0.760. The molecule has 0 radical (unpaired) electrons. The van der Waals surface area contributed by atoms with E-state index < -0.39 is 15.9 Å². The molecule has 0 aliphatic heterocycles. The van der Waals surface area contributed by atoms with Crippen molar-refractivity contribution in [3.63, 3.8) is 0 Å². The minimum Gasteiger partial charge on any atom is -0.343 e. The van der Waals surface area contributed by atoms with Gasteiger partial charge in [-0.2, -0.15) is 4.98 Å². The molecule has 28 heavy (non-hydrogen) atoms. The zero-order valence-electron chi connectivity index (χ0n) is 15.1. The van der Waals surface area contributed by atoms with Crippen molar-refractivity contribution in [1.29, 1.82) is 0 Å². The fourth-order valence-electron chi connectivity index (χ4n) is 2.34. The van der Waals surface area contributed by atoms with E-state index in [9.17, 15) is 13.2 Å². The van der Waals surface area contributed by atoms with Crippen molar-refractivity contribution in [3.05, 3.63) is 64.5 Å². The van der Waals surface area contributed by atoms with E-state index in [1.807, 2.05) is 24.3 Å². The molecule has 0 fully saturated rings. The second-order valence-corrected chi connectivity index (χ2v) is 9.09. The molecule has 1 heterocycles. The van der Waals surface area contributed by atoms with Crippen molar-refractivity contribution in [2.75, 3.05) is 14.1 Å². The lowest BCUT2D eigenvalue weighted by Crippen LogP contribution is -2.25. The number of hydrogen-bond acceptors (Lipinski definition) is 6. The highest BCUT2D eigenvalue weighted by atomic mass is 79.9. The lowest BCUT2D eigenvalue weighted by Gasteiger charge is -2.12. The van der Waals surface area contributed by atoms with E-state index in [0.717, 1.165) is 14.3 Å². The summed E-state index contributed by atoms with van der Waals surface area (Å²) >= 11 is 3.38. The molecule has 0 saturated heterocycles. The molecule has 3 aromatic rings. The Balaban J connectivity index is 1.70. The van der Waals surface area contributed by atoms with Crippen LogP contribution in [0.4, 0.5) is 0 Å². The Morgan fingerprint density at radius 1 is 1.18 bits per heavy atom. The smallest absolute Gasteiger partial charge is 0.251 e. The first-order valence-corrected chi connectivity index (χ1v) is 10.4. The van der Waals surface area contributed by atoms with Gasteiger partial charge in [-0.15, -0.1) is 0 Å². The van der Waals surface area contributed by atoms with E-state index in [2.05, 4.69) is 31.4 Å². The molecule has 0 unspecified atom stereocenters. The summed E-state index contributed by atoms with van der Waals surface area (Å²) in [5.41, 5.74) is 0.993. The molecule has 0 aliphatic rings. The number of halogens is 1. The number of sulfonamides is 1. The van der Waals surface area contributed by atoms with Gasteiger partial charge < -0.3 is 9.84 Å². The summed E-state index contributed by atoms with van der Waals surface area (Å²) in [6, 6.07) is 13.2. The van der Waals surface area contributed by atoms with Crippen LogP contribution in [0.5, 0.6) is 0 Å². The van der Waals surface area contributed by atoms with Gasteiger partial charge in [0.05, 0.1) is 11.4 Å². The summed E-state index contributed by atoms with van der Waals surface area (Å²) < 4.78 is 31.5. The first-order chi connectivity index (χ1) is 13.3. The standard InChI is InChI=1S/C18H17BrN4O4S/c1-23(2)28(25,26)15-8-4-6-13(10-15)18(24)20-11-16-21-17(22-27-16)12-5-3-7-14(19)9-12/h3-10H,11H2,1-2H3,(H,20,24). The molecule has 3 rings (SSSR count). The zero-order valence-corrected chi connectivity index (χ0v) is 17.5. The predicted molar refractivity (Wildman–Crippen MR) is 106 cm³/mol. The van der Waals surface area contributed by atoms with Crippen LogP contribution in [-0.4, -0.2) is 42.9 Å². The predicted octanol–water partition coefficient (Wildman–Crippen LogP) is 2.68. The molecule has 0 aliphatic carbocycles. The van der Waals surface area contributed by atoms with Gasteiger partial charge in [-0.3, -0.25) is 4.79 Å². The summed E-state index contributed by atoms with van der Waals surface area (Å²) in [6.45, 7) is 0.0183. The SMILES string of the molecule is CN(C)S(=O)(=O)c1cccc(C(=O)NCc2nc(-c3cccc(Br)c3)no2)c1. The maximum Gasteiger partial charge on any atom is 0.251 e. The highest BCUT2D eigenvalue weighted by Gasteiger charge is 2.19. The summed E-state index contributed by atoms with van der Waals surface area (Å²) in [6.07, 6.45) is 0. The van der Waals surface area contributed by atoms with Crippen LogP contribution in [0.1, 0.15) is 16.2 Å². The van der Waals surface area contributed by atoms with Gasteiger partial charge in [0, 0.05) is 29.7 Å². The van der Waals surface area contributed by atoms with Crippen molar-refractivity contribution in [3.8, 4) is 11.4 Å². The Labute approximate surface area is 170 Å². The molecule has 1 amide bonds. The minimum absolute atomic E-state index is 0.0183. The third-order valence-electron chi connectivity index (χ3n) is 3.83. The molecule has 1 N–H and O–H groups in total. The Bertz CT molecular complexity index is 1110. The number of nitrogens with one attached hydrogen (secondary N) is 1. The van der Waals surface area contributed by atoms with Crippen LogP contribution in [0.15, 0.2) is 62.4 Å². The highest BCUT2D eigenvalue weighted by molar-refractivity contribution is 9.10. The van der Waals surface area contributed by atoms with Crippen LogP contribution >= 0.6 is 15.9 Å². The third-order valence-corrected chi connectivity index (χ3v) is 6.13. The molecular weight excluding hydrogens is 448 g/mol. The van der Waals surface area contributed by atoms with E-state index in [4.69, 9.17) is 4.52 Å². The van der Waals surface area contributed by atoms with E-state index in [-0.39, 0.29) is 22.9 Å². The number of rotatable bonds is 6. The van der Waals surface area contributed by atoms with Gasteiger partial charge in [0.15, 0.2) is 0 Å². The number of benzene rings is 2. The number of aromatic nitrogens is 2. The van der Waals surface area contributed by atoms with Gasteiger partial charge in [-0.05, 0) is 30.3 Å². The number of carbonyl (C=O) groups is 1. The highest BCUT2D eigenvalue weighted by Crippen LogP contribution is 2.20. The Hall–Kier alpha value is -2.56. The van der Waals surface area contributed by atoms with Crippen molar-refractivity contribution in [2.45, 2.75) is 11.4 Å². The Morgan fingerprint density at radius 2 is 1.93 bits per heavy atom. The fraction of sp³-hybridized carbons (Fsp3) is 0.167. The quantitative estimate of drug-likeness (QED) is 0.600. The topological polar surface area (TPSA) is 105 Å². The maximum absolute atomic E-state index is 12.4. The van der Waals surface area contributed by atoms with Gasteiger partial charge in [0.2, 0.25) is 21.7 Å². The second kappa shape index (κ2) is 8.21. The van der Waals surface area contributed by atoms with Crippen LogP contribution in [-0.2, 0) is 16.6 Å². The van der Waals surface area contributed by atoms with E-state index >= 15 is 0 Å². The number of hydrogen-bond donors (Lipinski definition) is 1. The summed E-state index contributed by atoms with van der Waals surface area (Å²) in [5.74, 6) is 0.197. The monoisotopic (exact) mass is 464 g/mol. The molecule has 146 valence electrons. The van der Waals surface area contributed by atoms with Gasteiger partial charge in [-0.25, -0.2) is 12.7 Å². The number of carbonyl (C=O) groups excluding carboxylic acids is 1. The average Bonchev–Trinajstić information content (AvgIpc) is 3.15. The van der Waals surface area contributed by atoms with Gasteiger partial charge in [0.1, 0.15) is 0 Å². The molecule has 0 bridgehead atoms. The molecule has 0 atom stereocenters. The van der Waals surface area contributed by atoms with E-state index in [1.165, 1.54) is 38.4 Å². The average molecular weight is 465 g/mol. The van der Waals surface area contributed by atoms with E-state index in [0.29, 0.717) is 5.82 Å². The lowest BCUT2D eigenvalue weighted by atomic mass is 10.2. The van der Waals surface area contributed by atoms with Crippen molar-refractivity contribution in [2.24, 2.45) is 0 Å². The van der Waals surface area contributed by atoms with Crippen LogP contribution in [0.3, 0.4) is 0 Å². The van der Waals surface area contributed by atoms with Crippen molar-refractivity contribution in [1.82, 2.24) is 19.8 Å². The van der Waals surface area contributed by atoms with Gasteiger partial charge in [0.25, 0.3) is 5.91 Å². The zero-order chi connectivity index (χ0) is 20.3. The van der Waals surface area contributed by atoms with Crippen LogP contribution in [0.25, 0.3) is 11.4 Å². The minimum atomic E-state index is -3.62. The van der Waals surface area contributed by atoms with Crippen molar-refractivity contribution < 1.29 is 17.7 Å². The second-order valence-electron chi connectivity index (χ2n) is 6.02. The summed E-state index contributed by atoms with van der Waals surface area (Å²) in [5, 5.41) is 6.55. The van der Waals surface area contributed by atoms with Gasteiger partial charge >= 0.3 is 0 Å². The largest absolute Gasteiger partial charge is 0.343 e. The normalized spacial score (nSPS) is 11.6. The number of nitrogens with zero attached hydrogens (tertiary/aromatic N) is 3. The molecule has 10 heteroatoms. The first-order valence-electron chi connectivity index (χ1n) is 8.16. The molecule has 2 aromatic carbocycles. The Kier molecular flexibility index (Phi) is 5.92. The van der Waals surface area contributed by atoms with Crippen LogP contribution in [0, 0.1) is 0 Å². The molecular formula is C18H17BrN4O4S. The van der Waals surface area contributed by atoms with Crippen LogP contribution in [0.2, 0.25) is 0 Å². The first kappa shape index (κ1) is 20.2. The van der Waals surface area contributed by atoms with Crippen LogP contribution < -0.4 is 5.32 Å². The molecule has 0 saturated carbocycles. The molecule has 1 aromatic heterocycles. The fourth-order valence-corrected chi connectivity index (χ4v) is 3.69.